The Morgan fingerprint density at radius 1 is 1.00 bits per heavy atom. The quantitative estimate of drug-likeness (QED) is 0.759. The lowest BCUT2D eigenvalue weighted by Gasteiger charge is -2.43. The van der Waals surface area contributed by atoms with Gasteiger partial charge < -0.3 is 14.3 Å². The van der Waals surface area contributed by atoms with Crippen LogP contribution < -0.4 is 0 Å². The number of hydrogen-bond acceptors (Lipinski definition) is 6. The molecule has 0 bridgehead atoms. The SMILES string of the molecule is O=C(CN1CCN(C(=O)c2ccno2)CC1)N1CCN(C2CCC2)CC1. The summed E-state index contributed by atoms with van der Waals surface area (Å²) >= 11 is 0. The molecule has 0 radical (unpaired) electrons. The van der Waals surface area contributed by atoms with Gasteiger partial charge in [0, 0.05) is 64.5 Å². The summed E-state index contributed by atoms with van der Waals surface area (Å²) in [5.41, 5.74) is 0. The molecule has 142 valence electrons. The number of rotatable bonds is 4. The van der Waals surface area contributed by atoms with Gasteiger partial charge in [-0.15, -0.1) is 0 Å². The van der Waals surface area contributed by atoms with E-state index in [4.69, 9.17) is 4.52 Å². The molecule has 1 aromatic rings. The lowest BCUT2D eigenvalue weighted by Crippen LogP contribution is -2.56. The van der Waals surface area contributed by atoms with Crippen molar-refractivity contribution in [3.05, 3.63) is 18.0 Å². The van der Waals surface area contributed by atoms with Gasteiger partial charge in [0.15, 0.2) is 0 Å². The molecular formula is C18H27N5O3. The molecule has 1 aromatic heterocycles. The molecule has 3 fully saturated rings. The van der Waals surface area contributed by atoms with E-state index < -0.39 is 0 Å². The average Bonchev–Trinajstić information content (AvgIpc) is 3.15. The van der Waals surface area contributed by atoms with Crippen LogP contribution in [0, 0.1) is 0 Å². The van der Waals surface area contributed by atoms with E-state index in [9.17, 15) is 9.59 Å². The highest BCUT2D eigenvalue weighted by Crippen LogP contribution is 2.25. The average molecular weight is 361 g/mol. The van der Waals surface area contributed by atoms with Crippen LogP contribution in [0.1, 0.15) is 29.8 Å². The Morgan fingerprint density at radius 2 is 1.69 bits per heavy atom. The fourth-order valence-electron chi connectivity index (χ4n) is 3.97. The molecule has 3 aliphatic rings. The molecule has 0 aromatic carbocycles. The Labute approximate surface area is 153 Å². The first kappa shape index (κ1) is 17.5. The third-order valence-electron chi connectivity index (χ3n) is 5.93. The topological polar surface area (TPSA) is 73.1 Å². The summed E-state index contributed by atoms with van der Waals surface area (Å²) in [5, 5.41) is 3.58. The normalized spacial score (nSPS) is 23.1. The molecule has 8 nitrogen and oxygen atoms in total. The summed E-state index contributed by atoms with van der Waals surface area (Å²) < 4.78 is 4.94. The van der Waals surface area contributed by atoms with Gasteiger partial charge >= 0.3 is 0 Å². The van der Waals surface area contributed by atoms with Crippen molar-refractivity contribution in [2.24, 2.45) is 0 Å². The molecule has 0 N–H and O–H groups in total. The molecule has 2 saturated heterocycles. The number of amides is 2. The molecule has 1 aliphatic carbocycles. The van der Waals surface area contributed by atoms with E-state index in [0.29, 0.717) is 32.7 Å². The molecule has 3 heterocycles. The highest BCUT2D eigenvalue weighted by molar-refractivity contribution is 5.91. The van der Waals surface area contributed by atoms with Crippen molar-refractivity contribution in [3.8, 4) is 0 Å². The zero-order valence-corrected chi connectivity index (χ0v) is 15.2. The number of carbonyl (C=O) groups is 2. The van der Waals surface area contributed by atoms with Crippen LogP contribution in [0.4, 0.5) is 0 Å². The molecule has 2 aliphatic heterocycles. The van der Waals surface area contributed by atoms with E-state index in [1.807, 2.05) is 4.90 Å². The summed E-state index contributed by atoms with van der Waals surface area (Å²) in [6.45, 7) is 6.82. The predicted octanol–water partition coefficient (Wildman–Crippen LogP) is 0.129. The molecule has 0 atom stereocenters. The molecular weight excluding hydrogens is 334 g/mol. The third-order valence-corrected chi connectivity index (χ3v) is 5.93. The van der Waals surface area contributed by atoms with E-state index >= 15 is 0 Å². The molecule has 0 spiro atoms. The van der Waals surface area contributed by atoms with Crippen molar-refractivity contribution in [3.63, 3.8) is 0 Å². The fraction of sp³-hybridized carbons (Fsp3) is 0.722. The minimum Gasteiger partial charge on any atom is -0.351 e. The maximum absolute atomic E-state index is 12.6. The van der Waals surface area contributed by atoms with Crippen LogP contribution in [0.25, 0.3) is 0 Å². The van der Waals surface area contributed by atoms with Gasteiger partial charge in [0.05, 0.1) is 12.7 Å². The van der Waals surface area contributed by atoms with E-state index in [-0.39, 0.29) is 17.6 Å². The second kappa shape index (κ2) is 7.75. The number of piperazine rings is 2. The first-order valence-corrected chi connectivity index (χ1v) is 9.65. The van der Waals surface area contributed by atoms with Crippen molar-refractivity contribution < 1.29 is 14.1 Å². The van der Waals surface area contributed by atoms with Crippen LogP contribution in [0.15, 0.2) is 16.8 Å². The Morgan fingerprint density at radius 3 is 2.27 bits per heavy atom. The van der Waals surface area contributed by atoms with Gasteiger partial charge in [0.2, 0.25) is 11.7 Å². The maximum Gasteiger partial charge on any atom is 0.292 e. The summed E-state index contributed by atoms with van der Waals surface area (Å²) in [6, 6.07) is 2.35. The Hall–Kier alpha value is -1.93. The fourth-order valence-corrected chi connectivity index (χ4v) is 3.97. The molecule has 1 saturated carbocycles. The lowest BCUT2D eigenvalue weighted by atomic mass is 9.91. The van der Waals surface area contributed by atoms with Crippen LogP contribution in [0.3, 0.4) is 0 Å². The predicted molar refractivity (Wildman–Crippen MR) is 94.6 cm³/mol. The van der Waals surface area contributed by atoms with Crippen LogP contribution in [0.5, 0.6) is 0 Å². The van der Waals surface area contributed by atoms with Gasteiger partial charge in [-0.05, 0) is 12.8 Å². The monoisotopic (exact) mass is 361 g/mol. The number of aromatic nitrogens is 1. The third kappa shape index (κ3) is 3.76. The van der Waals surface area contributed by atoms with Gasteiger partial charge in [-0.1, -0.05) is 11.6 Å². The molecule has 4 rings (SSSR count). The van der Waals surface area contributed by atoms with Crippen LogP contribution in [-0.4, -0.2) is 102 Å². The smallest absolute Gasteiger partial charge is 0.292 e. The van der Waals surface area contributed by atoms with Crippen molar-refractivity contribution in [1.29, 1.82) is 0 Å². The summed E-state index contributed by atoms with van der Waals surface area (Å²) in [7, 11) is 0. The van der Waals surface area contributed by atoms with Crippen LogP contribution >= 0.6 is 0 Å². The van der Waals surface area contributed by atoms with Crippen molar-refractivity contribution in [2.75, 3.05) is 58.9 Å². The summed E-state index contributed by atoms with van der Waals surface area (Å²) in [5.74, 6) is 0.368. The Kier molecular flexibility index (Phi) is 5.21. The Balaban J connectivity index is 1.19. The minimum absolute atomic E-state index is 0.124. The highest BCUT2D eigenvalue weighted by Gasteiger charge is 2.30. The van der Waals surface area contributed by atoms with Crippen LogP contribution in [-0.2, 0) is 4.79 Å². The largest absolute Gasteiger partial charge is 0.351 e. The van der Waals surface area contributed by atoms with E-state index in [0.717, 1.165) is 32.2 Å². The van der Waals surface area contributed by atoms with E-state index in [1.54, 1.807) is 11.0 Å². The summed E-state index contributed by atoms with van der Waals surface area (Å²) in [6.07, 6.45) is 5.48. The molecule has 0 unspecified atom stereocenters. The standard InChI is InChI=1S/C18H27N5O3/c24-17(22-12-10-21(11-13-22)15-2-1-3-15)14-20-6-8-23(9-7-20)18(25)16-4-5-19-26-16/h4-5,15H,1-3,6-14H2. The lowest BCUT2D eigenvalue weighted by molar-refractivity contribution is -0.135. The number of nitrogens with zero attached hydrogens (tertiary/aromatic N) is 5. The van der Waals surface area contributed by atoms with Crippen molar-refractivity contribution >= 4 is 11.8 Å². The molecule has 26 heavy (non-hydrogen) atoms. The van der Waals surface area contributed by atoms with Gasteiger partial charge in [0.1, 0.15) is 0 Å². The highest BCUT2D eigenvalue weighted by atomic mass is 16.5. The first-order chi connectivity index (χ1) is 12.7. The second-order valence-electron chi connectivity index (χ2n) is 7.45. The molecule has 2 amide bonds. The van der Waals surface area contributed by atoms with Gasteiger partial charge in [0.25, 0.3) is 5.91 Å². The van der Waals surface area contributed by atoms with Crippen LogP contribution in [0.2, 0.25) is 0 Å². The maximum atomic E-state index is 12.6. The van der Waals surface area contributed by atoms with Gasteiger partial charge in [-0.2, -0.15) is 0 Å². The first-order valence-electron chi connectivity index (χ1n) is 9.65. The Bertz CT molecular complexity index is 615. The zero-order chi connectivity index (χ0) is 17.9. The molecule has 8 heteroatoms. The minimum atomic E-state index is -0.124. The number of carbonyl (C=O) groups excluding carboxylic acids is 2. The van der Waals surface area contributed by atoms with E-state index in [1.165, 1.54) is 25.5 Å². The van der Waals surface area contributed by atoms with E-state index in [2.05, 4.69) is 15.0 Å². The van der Waals surface area contributed by atoms with Gasteiger partial charge in [-0.3, -0.25) is 19.4 Å². The van der Waals surface area contributed by atoms with Crippen molar-refractivity contribution in [1.82, 2.24) is 24.8 Å². The van der Waals surface area contributed by atoms with Gasteiger partial charge in [-0.25, -0.2) is 0 Å². The second-order valence-corrected chi connectivity index (χ2v) is 7.45. The number of hydrogen-bond donors (Lipinski definition) is 0. The summed E-state index contributed by atoms with van der Waals surface area (Å²) in [4.78, 5) is 33.3. The zero-order valence-electron chi connectivity index (χ0n) is 15.2. The van der Waals surface area contributed by atoms with Crippen molar-refractivity contribution in [2.45, 2.75) is 25.3 Å².